The van der Waals surface area contributed by atoms with E-state index >= 15 is 0 Å². The van der Waals surface area contributed by atoms with Crippen LogP contribution >= 0.6 is 22.6 Å². The first-order valence-electron chi connectivity index (χ1n) is 9.62. The van der Waals surface area contributed by atoms with E-state index < -0.39 is 6.67 Å². The average molecular weight is 526 g/mol. The fourth-order valence-electron chi connectivity index (χ4n) is 2.44. The van der Waals surface area contributed by atoms with E-state index in [0.717, 1.165) is 31.6 Å². The number of nitrogens with one attached hydrogen (secondary N) is 2. The SMILES string of the molecule is C#Cc1ccc(NC)cc1.CNc1ccc(C#Cc2ccc(OCCF)c(I)c2)cc1. The first-order valence-corrected chi connectivity index (χ1v) is 10.7. The van der Waals surface area contributed by atoms with E-state index in [2.05, 4.69) is 51.0 Å². The van der Waals surface area contributed by atoms with Gasteiger partial charge in [-0.05, 0) is 89.3 Å². The molecular weight excluding hydrogens is 502 g/mol. The van der Waals surface area contributed by atoms with Crippen molar-refractivity contribution < 1.29 is 9.13 Å². The Morgan fingerprint density at radius 3 is 1.84 bits per heavy atom. The van der Waals surface area contributed by atoms with Crippen molar-refractivity contribution in [3.05, 3.63) is 87.0 Å². The van der Waals surface area contributed by atoms with Gasteiger partial charge in [-0.1, -0.05) is 17.8 Å². The van der Waals surface area contributed by atoms with E-state index in [4.69, 9.17) is 11.2 Å². The van der Waals surface area contributed by atoms with Gasteiger partial charge >= 0.3 is 0 Å². The molecule has 0 heterocycles. The lowest BCUT2D eigenvalue weighted by molar-refractivity contribution is 0.271. The second-order valence-electron chi connectivity index (χ2n) is 6.23. The summed E-state index contributed by atoms with van der Waals surface area (Å²) >= 11 is 2.17. The maximum Gasteiger partial charge on any atom is 0.132 e. The molecule has 2 N–H and O–H groups in total. The molecule has 0 atom stereocenters. The van der Waals surface area contributed by atoms with Crippen molar-refractivity contribution in [2.24, 2.45) is 0 Å². The Morgan fingerprint density at radius 1 is 0.839 bits per heavy atom. The molecule has 0 aliphatic carbocycles. The minimum Gasteiger partial charge on any atom is -0.490 e. The Kier molecular flexibility index (Phi) is 10.3. The summed E-state index contributed by atoms with van der Waals surface area (Å²) in [7, 11) is 3.76. The van der Waals surface area contributed by atoms with Crippen LogP contribution in [0.5, 0.6) is 5.75 Å². The molecule has 0 saturated carbocycles. The molecule has 31 heavy (non-hydrogen) atoms. The van der Waals surface area contributed by atoms with Crippen LogP contribution in [0, 0.1) is 27.8 Å². The fourth-order valence-corrected chi connectivity index (χ4v) is 3.11. The highest BCUT2D eigenvalue weighted by atomic mass is 127. The summed E-state index contributed by atoms with van der Waals surface area (Å²) in [5.41, 5.74) is 4.92. The zero-order chi connectivity index (χ0) is 22.5. The first kappa shape index (κ1) is 24.1. The van der Waals surface area contributed by atoms with Gasteiger partial charge in [-0.2, -0.15) is 0 Å². The quantitative estimate of drug-likeness (QED) is 0.326. The lowest BCUT2D eigenvalue weighted by Crippen LogP contribution is -2.00. The maximum absolute atomic E-state index is 12.1. The Hall–Kier alpha value is -3.16. The molecule has 0 aliphatic heterocycles. The van der Waals surface area contributed by atoms with Gasteiger partial charge in [-0.15, -0.1) is 6.42 Å². The van der Waals surface area contributed by atoms with Gasteiger partial charge in [0.1, 0.15) is 19.0 Å². The largest absolute Gasteiger partial charge is 0.490 e. The predicted molar refractivity (Wildman–Crippen MR) is 137 cm³/mol. The van der Waals surface area contributed by atoms with Crippen molar-refractivity contribution in [1.29, 1.82) is 0 Å². The Bertz CT molecular complexity index is 1060. The van der Waals surface area contributed by atoms with Gasteiger partial charge in [0.05, 0.1) is 3.57 Å². The third-order valence-electron chi connectivity index (χ3n) is 4.13. The molecule has 3 aromatic carbocycles. The van der Waals surface area contributed by atoms with Crippen molar-refractivity contribution in [3.63, 3.8) is 0 Å². The lowest BCUT2D eigenvalue weighted by Gasteiger charge is -2.05. The molecule has 0 spiro atoms. The number of terminal acetylenes is 1. The van der Waals surface area contributed by atoms with Crippen molar-refractivity contribution >= 4 is 34.0 Å². The smallest absolute Gasteiger partial charge is 0.132 e. The number of hydrogen-bond acceptors (Lipinski definition) is 3. The molecule has 158 valence electrons. The zero-order valence-electron chi connectivity index (χ0n) is 17.5. The van der Waals surface area contributed by atoms with E-state index in [9.17, 15) is 4.39 Å². The Balaban J connectivity index is 0.000000285. The highest BCUT2D eigenvalue weighted by molar-refractivity contribution is 14.1. The number of halogens is 2. The summed E-state index contributed by atoms with van der Waals surface area (Å²) in [6.45, 7) is -0.404. The van der Waals surface area contributed by atoms with Crippen LogP contribution in [0.3, 0.4) is 0 Å². The summed E-state index contributed by atoms with van der Waals surface area (Å²) in [5.74, 6) is 9.48. The van der Waals surface area contributed by atoms with E-state index in [-0.39, 0.29) is 6.61 Å². The van der Waals surface area contributed by atoms with Crippen LogP contribution in [0.25, 0.3) is 0 Å². The van der Waals surface area contributed by atoms with E-state index in [1.807, 2.05) is 80.8 Å². The van der Waals surface area contributed by atoms with Gasteiger partial charge in [0.2, 0.25) is 0 Å². The Morgan fingerprint density at radius 2 is 1.35 bits per heavy atom. The van der Waals surface area contributed by atoms with Crippen LogP contribution in [0.15, 0.2) is 66.7 Å². The molecule has 0 aliphatic rings. The van der Waals surface area contributed by atoms with Crippen molar-refractivity contribution in [1.82, 2.24) is 0 Å². The van der Waals surface area contributed by atoms with Crippen molar-refractivity contribution in [2.75, 3.05) is 38.0 Å². The predicted octanol–water partition coefficient (Wildman–Crippen LogP) is 5.79. The van der Waals surface area contributed by atoms with E-state index in [1.165, 1.54) is 0 Å². The highest BCUT2D eigenvalue weighted by Gasteiger charge is 2.01. The Labute approximate surface area is 197 Å². The van der Waals surface area contributed by atoms with Gasteiger partial charge in [0, 0.05) is 42.2 Å². The van der Waals surface area contributed by atoms with Crippen LogP contribution in [-0.4, -0.2) is 27.4 Å². The van der Waals surface area contributed by atoms with E-state index in [1.54, 1.807) is 0 Å². The molecule has 0 bridgehead atoms. The summed E-state index contributed by atoms with van der Waals surface area (Å²) in [4.78, 5) is 0. The fraction of sp³-hybridized carbons (Fsp3) is 0.154. The molecule has 0 amide bonds. The van der Waals surface area contributed by atoms with Crippen LogP contribution in [0.4, 0.5) is 15.8 Å². The van der Waals surface area contributed by atoms with Crippen molar-refractivity contribution in [2.45, 2.75) is 0 Å². The number of alkyl halides is 1. The molecule has 3 aromatic rings. The molecule has 0 aromatic heterocycles. The second-order valence-corrected chi connectivity index (χ2v) is 7.39. The average Bonchev–Trinajstić information content (AvgIpc) is 2.83. The number of rotatable bonds is 5. The van der Waals surface area contributed by atoms with Crippen LogP contribution < -0.4 is 15.4 Å². The third-order valence-corrected chi connectivity index (χ3v) is 4.97. The zero-order valence-corrected chi connectivity index (χ0v) is 19.7. The maximum atomic E-state index is 12.1. The second kappa shape index (κ2) is 13.2. The van der Waals surface area contributed by atoms with Crippen LogP contribution in [-0.2, 0) is 0 Å². The van der Waals surface area contributed by atoms with Crippen LogP contribution in [0.1, 0.15) is 16.7 Å². The number of benzene rings is 3. The summed E-state index contributed by atoms with van der Waals surface area (Å²) in [5, 5.41) is 6.08. The van der Waals surface area contributed by atoms with Gasteiger partial charge < -0.3 is 15.4 Å². The standard InChI is InChI=1S/C17H15FINO.C9H9N/c1-20-15-7-4-13(5-8-15)2-3-14-6-9-17(16(19)12-14)21-11-10-18;1-3-8-4-6-9(10-2)7-5-8/h4-9,12,20H,10-11H2,1H3;1,4-7,10H,2H3. The third kappa shape index (κ3) is 8.24. The minimum atomic E-state index is -0.486. The first-order chi connectivity index (χ1) is 15.1. The normalized spacial score (nSPS) is 9.26. The van der Waals surface area contributed by atoms with E-state index in [0.29, 0.717) is 5.75 Å². The molecule has 0 saturated heterocycles. The molecule has 0 fully saturated rings. The summed E-state index contributed by atoms with van der Waals surface area (Å²) < 4.78 is 18.3. The van der Waals surface area contributed by atoms with Gasteiger partial charge in [-0.25, -0.2) is 4.39 Å². The van der Waals surface area contributed by atoms with Crippen molar-refractivity contribution in [3.8, 4) is 29.9 Å². The minimum absolute atomic E-state index is 0.0822. The number of anilines is 2. The molecule has 3 nitrogen and oxygen atoms in total. The highest BCUT2D eigenvalue weighted by Crippen LogP contribution is 2.21. The lowest BCUT2D eigenvalue weighted by atomic mass is 10.1. The molecule has 3 rings (SSSR count). The monoisotopic (exact) mass is 526 g/mol. The topological polar surface area (TPSA) is 33.3 Å². The van der Waals surface area contributed by atoms with Gasteiger partial charge in [0.15, 0.2) is 0 Å². The molecular formula is C26H24FIN2O. The summed E-state index contributed by atoms with van der Waals surface area (Å²) in [6.07, 6.45) is 5.17. The molecule has 0 unspecified atom stereocenters. The summed E-state index contributed by atoms with van der Waals surface area (Å²) in [6, 6.07) is 21.3. The molecule has 0 radical (unpaired) electrons. The van der Waals surface area contributed by atoms with Crippen LogP contribution in [0.2, 0.25) is 0 Å². The number of hydrogen-bond donors (Lipinski definition) is 2. The number of ether oxygens (including phenoxy) is 1. The molecule has 5 heteroatoms. The van der Waals surface area contributed by atoms with Gasteiger partial charge in [-0.3, -0.25) is 0 Å². The van der Waals surface area contributed by atoms with Gasteiger partial charge in [0.25, 0.3) is 0 Å².